The van der Waals surface area contributed by atoms with E-state index in [-0.39, 0.29) is 6.10 Å². The third-order valence-corrected chi connectivity index (χ3v) is 3.22. The van der Waals surface area contributed by atoms with Crippen LogP contribution in [0.15, 0.2) is 65.7 Å². The third-order valence-electron chi connectivity index (χ3n) is 3.22. The second-order valence-corrected chi connectivity index (χ2v) is 4.44. The van der Waals surface area contributed by atoms with Crippen LogP contribution in [0.2, 0.25) is 0 Å². The fourth-order valence-corrected chi connectivity index (χ4v) is 2.27. The third kappa shape index (κ3) is 2.35. The van der Waals surface area contributed by atoms with E-state index in [4.69, 9.17) is 9.73 Å². The van der Waals surface area contributed by atoms with Crippen molar-refractivity contribution < 1.29 is 4.74 Å². The molecule has 1 aliphatic carbocycles. The summed E-state index contributed by atoms with van der Waals surface area (Å²) in [5, 5.41) is 0. The summed E-state index contributed by atoms with van der Waals surface area (Å²) in [7, 11) is 1.71. The monoisotopic (exact) mass is 249 g/mol. The minimum atomic E-state index is -0.0879. The number of para-hydroxylation sites is 1. The van der Waals surface area contributed by atoms with E-state index < -0.39 is 0 Å². The van der Waals surface area contributed by atoms with Crippen molar-refractivity contribution in [2.45, 2.75) is 6.10 Å². The Kier molecular flexibility index (Phi) is 3.25. The van der Waals surface area contributed by atoms with E-state index in [1.54, 1.807) is 7.11 Å². The van der Waals surface area contributed by atoms with Crippen molar-refractivity contribution in [2.24, 2.45) is 4.99 Å². The van der Waals surface area contributed by atoms with E-state index in [9.17, 15) is 0 Å². The van der Waals surface area contributed by atoms with E-state index in [0.29, 0.717) is 0 Å². The molecule has 0 radical (unpaired) electrons. The fraction of sp³-hybridized carbons (Fsp3) is 0.118. The topological polar surface area (TPSA) is 21.6 Å². The van der Waals surface area contributed by atoms with Gasteiger partial charge in [0.2, 0.25) is 0 Å². The molecule has 2 nitrogen and oxygen atoms in total. The van der Waals surface area contributed by atoms with Crippen molar-refractivity contribution in [3.8, 4) is 0 Å². The Bertz CT molecular complexity index is 629. The summed E-state index contributed by atoms with van der Waals surface area (Å²) in [6.45, 7) is 0. The molecule has 1 unspecified atom stereocenters. The summed E-state index contributed by atoms with van der Waals surface area (Å²) in [5.41, 5.74) is 4.24. The van der Waals surface area contributed by atoms with Crippen molar-refractivity contribution in [1.82, 2.24) is 0 Å². The number of rotatable bonds is 2. The van der Waals surface area contributed by atoms with Gasteiger partial charge < -0.3 is 4.74 Å². The van der Waals surface area contributed by atoms with E-state index in [1.807, 2.05) is 48.5 Å². The smallest absolute Gasteiger partial charge is 0.118 e. The number of methoxy groups -OCH3 is 1. The molecule has 3 rings (SSSR count). The van der Waals surface area contributed by atoms with Crippen LogP contribution < -0.4 is 0 Å². The molecule has 0 spiro atoms. The molecule has 1 atom stereocenters. The van der Waals surface area contributed by atoms with Gasteiger partial charge in [0, 0.05) is 12.7 Å². The molecule has 0 saturated heterocycles. The first-order valence-corrected chi connectivity index (χ1v) is 6.32. The lowest BCUT2D eigenvalue weighted by molar-refractivity contribution is 0.192. The number of aliphatic imine (C=N–C) groups is 1. The van der Waals surface area contributed by atoms with E-state index in [0.717, 1.165) is 17.0 Å². The molecule has 0 saturated carbocycles. The maximum absolute atomic E-state index is 5.52. The van der Waals surface area contributed by atoms with Gasteiger partial charge >= 0.3 is 0 Å². The van der Waals surface area contributed by atoms with Crippen molar-refractivity contribution >= 4 is 17.5 Å². The molecule has 2 aromatic rings. The van der Waals surface area contributed by atoms with Gasteiger partial charge in [0.05, 0.1) is 11.4 Å². The van der Waals surface area contributed by atoms with Gasteiger partial charge in [0.25, 0.3) is 0 Å². The first kappa shape index (κ1) is 11.9. The van der Waals surface area contributed by atoms with Crippen LogP contribution in [0.25, 0.3) is 6.08 Å². The van der Waals surface area contributed by atoms with Crippen LogP contribution in [0.4, 0.5) is 5.69 Å². The molecule has 19 heavy (non-hydrogen) atoms. The fourth-order valence-electron chi connectivity index (χ4n) is 2.27. The molecule has 0 aromatic heterocycles. The summed E-state index contributed by atoms with van der Waals surface area (Å²) in [4.78, 5) is 4.75. The molecule has 1 aliphatic rings. The van der Waals surface area contributed by atoms with E-state index >= 15 is 0 Å². The molecule has 0 N–H and O–H groups in total. The van der Waals surface area contributed by atoms with Gasteiger partial charge in [-0.25, -0.2) is 4.99 Å². The Morgan fingerprint density at radius 3 is 2.47 bits per heavy atom. The van der Waals surface area contributed by atoms with E-state index in [2.05, 4.69) is 18.2 Å². The quantitative estimate of drug-likeness (QED) is 0.792. The molecule has 94 valence electrons. The van der Waals surface area contributed by atoms with Crippen molar-refractivity contribution in [3.63, 3.8) is 0 Å². The van der Waals surface area contributed by atoms with Gasteiger partial charge in [-0.1, -0.05) is 48.5 Å². The lowest BCUT2D eigenvalue weighted by atomic mass is 9.93. The Morgan fingerprint density at radius 1 is 0.947 bits per heavy atom. The molecule has 2 heteroatoms. The van der Waals surface area contributed by atoms with Crippen LogP contribution >= 0.6 is 0 Å². The highest BCUT2D eigenvalue weighted by Crippen LogP contribution is 2.24. The first-order valence-electron chi connectivity index (χ1n) is 6.32. The number of benzene rings is 2. The standard InChI is InChI=1S/C17H15NO/c1-19-16-12-11-13-7-5-6-10-15(13)17(16)18-14-8-3-2-4-9-14/h2-12,16H,1H3/b18-17+. The molecular weight excluding hydrogens is 234 g/mol. The number of hydrogen-bond donors (Lipinski definition) is 0. The largest absolute Gasteiger partial charge is 0.371 e. The Balaban J connectivity index is 2.11. The number of ether oxygens (including phenoxy) is 1. The van der Waals surface area contributed by atoms with Crippen LogP contribution in [0.3, 0.4) is 0 Å². The van der Waals surface area contributed by atoms with E-state index in [1.165, 1.54) is 5.56 Å². The van der Waals surface area contributed by atoms with Crippen LogP contribution in [-0.2, 0) is 4.74 Å². The SMILES string of the molecule is COC1C=Cc2ccccc2/C1=N\c1ccccc1. The number of fused-ring (bicyclic) bond motifs is 1. The minimum absolute atomic E-state index is 0.0879. The molecule has 0 amide bonds. The highest BCUT2D eigenvalue weighted by molar-refractivity contribution is 6.10. The highest BCUT2D eigenvalue weighted by atomic mass is 16.5. The van der Waals surface area contributed by atoms with Crippen molar-refractivity contribution in [3.05, 3.63) is 71.8 Å². The number of nitrogens with zero attached hydrogens (tertiary/aromatic N) is 1. The summed E-state index contributed by atoms with van der Waals surface area (Å²) in [5.74, 6) is 0. The predicted octanol–water partition coefficient (Wildman–Crippen LogP) is 3.85. The van der Waals surface area contributed by atoms with Gasteiger partial charge in [-0.2, -0.15) is 0 Å². The summed E-state index contributed by atoms with van der Waals surface area (Å²) >= 11 is 0. The summed E-state index contributed by atoms with van der Waals surface area (Å²) in [6, 6.07) is 18.2. The van der Waals surface area contributed by atoms with Gasteiger partial charge in [-0.3, -0.25) is 0 Å². The highest BCUT2D eigenvalue weighted by Gasteiger charge is 2.20. The van der Waals surface area contributed by atoms with Crippen LogP contribution in [0.5, 0.6) is 0 Å². The lowest BCUT2D eigenvalue weighted by Gasteiger charge is -2.20. The minimum Gasteiger partial charge on any atom is -0.371 e. The van der Waals surface area contributed by atoms with Crippen LogP contribution in [0, 0.1) is 0 Å². The molecule has 0 aliphatic heterocycles. The average Bonchev–Trinajstić information content (AvgIpc) is 2.49. The Morgan fingerprint density at radius 2 is 1.68 bits per heavy atom. The van der Waals surface area contributed by atoms with Gasteiger partial charge in [0.1, 0.15) is 6.10 Å². The zero-order valence-electron chi connectivity index (χ0n) is 10.8. The van der Waals surface area contributed by atoms with Crippen LogP contribution in [-0.4, -0.2) is 18.9 Å². The van der Waals surface area contributed by atoms with Crippen molar-refractivity contribution in [2.75, 3.05) is 7.11 Å². The lowest BCUT2D eigenvalue weighted by Crippen LogP contribution is -2.25. The maximum Gasteiger partial charge on any atom is 0.118 e. The van der Waals surface area contributed by atoms with Gasteiger partial charge in [0.15, 0.2) is 0 Å². The molecule has 0 heterocycles. The Hall–Kier alpha value is -2.19. The maximum atomic E-state index is 5.52. The molecule has 0 fully saturated rings. The van der Waals surface area contributed by atoms with Crippen LogP contribution in [0.1, 0.15) is 11.1 Å². The second kappa shape index (κ2) is 5.21. The summed E-state index contributed by atoms with van der Waals surface area (Å²) < 4.78 is 5.52. The van der Waals surface area contributed by atoms with Gasteiger partial charge in [-0.05, 0) is 23.8 Å². The zero-order valence-corrected chi connectivity index (χ0v) is 10.8. The number of hydrogen-bond acceptors (Lipinski definition) is 2. The van der Waals surface area contributed by atoms with Crippen molar-refractivity contribution in [1.29, 1.82) is 0 Å². The molecular formula is C17H15NO. The normalized spacial score (nSPS) is 19.4. The zero-order chi connectivity index (χ0) is 13.1. The van der Waals surface area contributed by atoms with Gasteiger partial charge in [-0.15, -0.1) is 0 Å². The first-order chi connectivity index (χ1) is 9.38. The second-order valence-electron chi connectivity index (χ2n) is 4.44. The molecule has 2 aromatic carbocycles. The summed E-state index contributed by atoms with van der Waals surface area (Å²) in [6.07, 6.45) is 4.05. The average molecular weight is 249 g/mol. The Labute approximate surface area is 113 Å². The predicted molar refractivity (Wildman–Crippen MR) is 78.9 cm³/mol. The molecule has 0 bridgehead atoms.